The van der Waals surface area contributed by atoms with Gasteiger partial charge in [-0.2, -0.15) is 0 Å². The SMILES string of the molecule is C=c1nc(N(C)Cc2c(C)ccc3ccccc23)nc/c1=C(\C)N=C(C)N. The van der Waals surface area contributed by atoms with Crippen LogP contribution in [-0.2, 0) is 6.54 Å². The zero-order valence-corrected chi connectivity index (χ0v) is 16.3. The molecule has 0 fully saturated rings. The number of nitrogens with zero attached hydrogens (tertiary/aromatic N) is 4. The number of aromatic nitrogens is 2. The second-order valence-corrected chi connectivity index (χ2v) is 6.81. The van der Waals surface area contributed by atoms with Crippen LogP contribution in [0.3, 0.4) is 0 Å². The Hall–Kier alpha value is -3.21. The largest absolute Gasteiger partial charge is 0.387 e. The van der Waals surface area contributed by atoms with Crippen LogP contribution in [0.4, 0.5) is 5.95 Å². The van der Waals surface area contributed by atoms with Gasteiger partial charge in [-0.05, 0) is 42.7 Å². The molecule has 0 aliphatic heterocycles. The van der Waals surface area contributed by atoms with Gasteiger partial charge in [0.1, 0.15) is 0 Å². The smallest absolute Gasteiger partial charge is 0.225 e. The van der Waals surface area contributed by atoms with Gasteiger partial charge >= 0.3 is 0 Å². The lowest BCUT2D eigenvalue weighted by Crippen LogP contribution is -2.33. The molecule has 5 heteroatoms. The standard InChI is InChI=1S/C22H25N5/c1-14-10-11-18-8-6-7-9-19(18)21(14)13-27(5)22-24-12-20(16(3)26-22)15(2)25-17(4)23/h6-12H,3,13H2,1-2,4-5H3,(H2,23,25)/b20-15-. The van der Waals surface area contributed by atoms with Crippen molar-refractivity contribution >= 4 is 34.8 Å². The highest BCUT2D eigenvalue weighted by Crippen LogP contribution is 2.24. The van der Waals surface area contributed by atoms with Crippen molar-refractivity contribution in [3.8, 4) is 0 Å². The molecule has 0 amide bonds. The first kappa shape index (κ1) is 18.6. The summed E-state index contributed by atoms with van der Waals surface area (Å²) >= 11 is 0. The molecule has 3 aromatic rings. The Morgan fingerprint density at radius 2 is 1.93 bits per heavy atom. The number of benzene rings is 2. The third-order valence-electron chi connectivity index (χ3n) is 4.60. The fraction of sp³-hybridized carbons (Fsp3) is 0.227. The van der Waals surface area contributed by atoms with Crippen molar-refractivity contribution in [2.24, 2.45) is 10.7 Å². The maximum Gasteiger partial charge on any atom is 0.225 e. The van der Waals surface area contributed by atoms with E-state index in [1.54, 1.807) is 13.1 Å². The van der Waals surface area contributed by atoms with Gasteiger partial charge in [-0.25, -0.2) is 15.0 Å². The number of hydrogen-bond donors (Lipinski definition) is 1. The lowest BCUT2D eigenvalue weighted by molar-refractivity contribution is 0.857. The Morgan fingerprint density at radius 3 is 2.63 bits per heavy atom. The van der Waals surface area contributed by atoms with Crippen molar-refractivity contribution in [2.75, 3.05) is 11.9 Å². The minimum atomic E-state index is 0.500. The van der Waals surface area contributed by atoms with Crippen LogP contribution in [0.15, 0.2) is 47.6 Å². The quantitative estimate of drug-likeness (QED) is 0.574. The fourth-order valence-electron chi connectivity index (χ4n) is 3.18. The molecule has 0 aliphatic carbocycles. The lowest BCUT2D eigenvalue weighted by atomic mass is 9.99. The molecule has 3 rings (SSSR count). The molecule has 2 N–H and O–H groups in total. The topological polar surface area (TPSA) is 67.4 Å². The summed E-state index contributed by atoms with van der Waals surface area (Å²) < 4.78 is 0. The first-order valence-electron chi connectivity index (χ1n) is 8.89. The average Bonchev–Trinajstić information content (AvgIpc) is 2.63. The van der Waals surface area contributed by atoms with E-state index in [2.05, 4.69) is 64.9 Å². The second-order valence-electron chi connectivity index (χ2n) is 6.81. The predicted octanol–water partition coefficient (Wildman–Crippen LogP) is 2.49. The number of aryl methyl sites for hydroxylation is 1. The van der Waals surface area contributed by atoms with Gasteiger partial charge in [-0.15, -0.1) is 0 Å². The summed E-state index contributed by atoms with van der Waals surface area (Å²) in [6.07, 6.45) is 1.76. The van der Waals surface area contributed by atoms with Gasteiger partial charge in [-0.1, -0.05) is 43.0 Å². The summed E-state index contributed by atoms with van der Waals surface area (Å²) in [5.41, 5.74) is 8.96. The van der Waals surface area contributed by atoms with E-state index in [1.165, 1.54) is 21.9 Å². The maximum absolute atomic E-state index is 5.66. The Kier molecular flexibility index (Phi) is 5.21. The van der Waals surface area contributed by atoms with Crippen LogP contribution < -0.4 is 21.2 Å². The molecule has 0 saturated carbocycles. The van der Waals surface area contributed by atoms with E-state index < -0.39 is 0 Å². The maximum atomic E-state index is 5.66. The number of amidine groups is 1. The van der Waals surface area contributed by atoms with Gasteiger partial charge in [-0.3, -0.25) is 0 Å². The van der Waals surface area contributed by atoms with E-state index in [1.807, 2.05) is 18.9 Å². The number of aliphatic imine (C=N–C) groups is 1. The molecule has 27 heavy (non-hydrogen) atoms. The van der Waals surface area contributed by atoms with E-state index in [0.717, 1.165) is 10.9 Å². The Balaban J connectivity index is 1.98. The van der Waals surface area contributed by atoms with Crippen molar-refractivity contribution in [3.05, 3.63) is 64.3 Å². The molecular weight excluding hydrogens is 334 g/mol. The molecule has 0 spiro atoms. The molecule has 0 atom stereocenters. The highest BCUT2D eigenvalue weighted by molar-refractivity contribution is 5.87. The van der Waals surface area contributed by atoms with Crippen LogP contribution in [-0.4, -0.2) is 22.9 Å². The van der Waals surface area contributed by atoms with E-state index in [-0.39, 0.29) is 0 Å². The minimum Gasteiger partial charge on any atom is -0.387 e. The molecule has 1 aromatic heterocycles. The molecule has 0 radical (unpaired) electrons. The van der Waals surface area contributed by atoms with Crippen molar-refractivity contribution < 1.29 is 0 Å². The Bertz CT molecular complexity index is 1130. The molecule has 1 heterocycles. The van der Waals surface area contributed by atoms with Gasteiger partial charge < -0.3 is 10.6 Å². The van der Waals surface area contributed by atoms with Crippen LogP contribution in [0.1, 0.15) is 25.0 Å². The second kappa shape index (κ2) is 7.58. The zero-order valence-electron chi connectivity index (χ0n) is 16.3. The normalized spacial score (nSPS) is 13.0. The van der Waals surface area contributed by atoms with Crippen molar-refractivity contribution in [2.45, 2.75) is 27.3 Å². The molecule has 0 aliphatic rings. The fourth-order valence-corrected chi connectivity index (χ4v) is 3.18. The van der Waals surface area contributed by atoms with E-state index in [0.29, 0.717) is 23.7 Å². The molecule has 0 bridgehead atoms. The van der Waals surface area contributed by atoms with Crippen LogP contribution in [0.5, 0.6) is 0 Å². The Morgan fingerprint density at radius 1 is 1.19 bits per heavy atom. The van der Waals surface area contributed by atoms with Crippen LogP contribution in [0.2, 0.25) is 0 Å². The number of anilines is 1. The van der Waals surface area contributed by atoms with Crippen molar-refractivity contribution in [3.63, 3.8) is 0 Å². The molecule has 5 nitrogen and oxygen atoms in total. The van der Waals surface area contributed by atoms with Gasteiger partial charge in [0.25, 0.3) is 0 Å². The third-order valence-corrected chi connectivity index (χ3v) is 4.60. The summed E-state index contributed by atoms with van der Waals surface area (Å²) in [5, 5.41) is 3.94. The third kappa shape index (κ3) is 3.97. The molecular formula is C22H25N5. The highest BCUT2D eigenvalue weighted by Gasteiger charge is 2.10. The van der Waals surface area contributed by atoms with Crippen LogP contribution in [0, 0.1) is 6.92 Å². The monoisotopic (exact) mass is 359 g/mol. The zero-order chi connectivity index (χ0) is 19.6. The first-order valence-corrected chi connectivity index (χ1v) is 8.89. The summed E-state index contributed by atoms with van der Waals surface area (Å²) in [7, 11) is 1.99. The van der Waals surface area contributed by atoms with Gasteiger partial charge in [0.2, 0.25) is 5.95 Å². The molecule has 0 unspecified atom stereocenters. The van der Waals surface area contributed by atoms with E-state index >= 15 is 0 Å². The van der Waals surface area contributed by atoms with Gasteiger partial charge in [0.15, 0.2) is 0 Å². The highest BCUT2D eigenvalue weighted by atomic mass is 15.2. The van der Waals surface area contributed by atoms with Crippen molar-refractivity contribution in [1.82, 2.24) is 9.97 Å². The average molecular weight is 359 g/mol. The summed E-state index contributed by atoms with van der Waals surface area (Å²) in [5.74, 6) is 1.14. The van der Waals surface area contributed by atoms with E-state index in [9.17, 15) is 0 Å². The van der Waals surface area contributed by atoms with Gasteiger partial charge in [0, 0.05) is 25.0 Å². The number of fused-ring (bicyclic) bond motifs is 1. The molecule has 2 aromatic carbocycles. The number of nitrogens with two attached hydrogens (primary N) is 1. The predicted molar refractivity (Wildman–Crippen MR) is 114 cm³/mol. The minimum absolute atomic E-state index is 0.500. The van der Waals surface area contributed by atoms with Crippen LogP contribution in [0.25, 0.3) is 23.0 Å². The van der Waals surface area contributed by atoms with E-state index in [4.69, 9.17) is 5.73 Å². The molecule has 138 valence electrons. The Labute approximate surface area is 159 Å². The number of rotatable bonds is 4. The first-order chi connectivity index (χ1) is 12.9. The van der Waals surface area contributed by atoms with Gasteiger partial charge in [0.05, 0.1) is 16.9 Å². The van der Waals surface area contributed by atoms with Crippen LogP contribution >= 0.6 is 0 Å². The summed E-state index contributed by atoms with van der Waals surface area (Å²) in [6.45, 7) is 10.5. The number of hydrogen-bond acceptors (Lipinski definition) is 4. The molecule has 0 saturated heterocycles. The summed E-state index contributed by atoms with van der Waals surface area (Å²) in [4.78, 5) is 15.4. The lowest BCUT2D eigenvalue weighted by Gasteiger charge is -2.20. The summed E-state index contributed by atoms with van der Waals surface area (Å²) in [6, 6.07) is 12.7. The van der Waals surface area contributed by atoms with Crippen molar-refractivity contribution in [1.29, 1.82) is 0 Å².